The van der Waals surface area contributed by atoms with Crippen LogP contribution in [0, 0.1) is 0 Å². The molecular formula is C54H44N2Si. The highest BCUT2D eigenvalue weighted by Gasteiger charge is 2.41. The summed E-state index contributed by atoms with van der Waals surface area (Å²) in [5.74, 6) is 0.620. The van der Waals surface area contributed by atoms with Crippen molar-refractivity contribution in [2.45, 2.75) is 38.0 Å². The van der Waals surface area contributed by atoms with Gasteiger partial charge in [-0.3, -0.25) is 0 Å². The highest BCUT2D eigenvalue weighted by molar-refractivity contribution is 7.19. The molecule has 2 aromatic heterocycles. The summed E-state index contributed by atoms with van der Waals surface area (Å²) < 4.78 is 5.04. The molecule has 57 heavy (non-hydrogen) atoms. The molecule has 3 heteroatoms. The molecular weight excluding hydrogens is 705 g/mol. The topological polar surface area (TPSA) is 9.86 Å². The summed E-state index contributed by atoms with van der Waals surface area (Å²) >= 11 is 0. The van der Waals surface area contributed by atoms with Crippen LogP contribution >= 0.6 is 0 Å². The fraction of sp³-hybridized carbons (Fsp3) is 0.111. The number of rotatable bonds is 7. The first-order valence-corrected chi connectivity index (χ1v) is 22.6. The summed E-state index contributed by atoms with van der Waals surface area (Å²) in [5.41, 5.74) is 8.93. The van der Waals surface area contributed by atoms with Crippen LogP contribution in [-0.4, -0.2) is 17.2 Å². The highest BCUT2D eigenvalue weighted by Crippen LogP contribution is 2.43. The molecule has 0 atom stereocenters. The molecule has 0 N–H and O–H groups in total. The van der Waals surface area contributed by atoms with Crippen molar-refractivity contribution >= 4 is 72.4 Å². The van der Waals surface area contributed by atoms with E-state index < -0.39 is 8.07 Å². The Labute approximate surface area is 335 Å². The number of aromatic nitrogens is 2. The predicted octanol–water partition coefficient (Wildman–Crippen LogP) is 11.3. The van der Waals surface area contributed by atoms with Crippen molar-refractivity contribution in [2.24, 2.45) is 0 Å². The maximum absolute atomic E-state index is 2.64. The Morgan fingerprint density at radius 1 is 0.351 bits per heavy atom. The van der Waals surface area contributed by atoms with Crippen LogP contribution in [0.4, 0.5) is 0 Å². The van der Waals surface area contributed by atoms with E-state index in [4.69, 9.17) is 0 Å². The minimum Gasteiger partial charge on any atom is -0.309 e. The first kappa shape index (κ1) is 33.9. The first-order valence-electron chi connectivity index (χ1n) is 20.6. The maximum atomic E-state index is 2.55. The average molecular weight is 749 g/mol. The van der Waals surface area contributed by atoms with E-state index in [0.29, 0.717) is 5.92 Å². The van der Waals surface area contributed by atoms with Gasteiger partial charge in [0.25, 0.3) is 0 Å². The lowest BCUT2D eigenvalue weighted by molar-refractivity contribution is 0.445. The van der Waals surface area contributed by atoms with Crippen molar-refractivity contribution in [1.29, 1.82) is 0 Å². The Kier molecular flexibility index (Phi) is 8.29. The van der Waals surface area contributed by atoms with E-state index >= 15 is 0 Å². The fourth-order valence-electron chi connectivity index (χ4n) is 10.5. The Morgan fingerprint density at radius 2 is 0.807 bits per heavy atom. The standard InChI is InChI=1S/C54H44N2Si/c1-5-19-39(20-6-1)45-29-17-32-50-53(45)46-27-13-16-31-49(46)56(50)52-34-18-33-51-54(52)47-28-14-15-30-48(47)55(51)40-35-37-44(38-36-40)57(41-21-7-2-8-22-41,42-23-9-3-10-24-42)43-25-11-4-12-26-43/h2-4,7-18,21-39H,1,5-6,19-20H2. The molecule has 0 amide bonds. The van der Waals surface area contributed by atoms with Gasteiger partial charge in [-0.25, -0.2) is 0 Å². The van der Waals surface area contributed by atoms with E-state index in [0.717, 1.165) is 0 Å². The van der Waals surface area contributed by atoms with Gasteiger partial charge < -0.3 is 9.13 Å². The second-order valence-electron chi connectivity index (χ2n) is 15.8. The quantitative estimate of drug-likeness (QED) is 0.113. The number of hydrogen-bond acceptors (Lipinski definition) is 0. The first-order chi connectivity index (χ1) is 28.3. The minimum absolute atomic E-state index is 0.620. The molecule has 274 valence electrons. The smallest absolute Gasteiger partial charge is 0.179 e. The van der Waals surface area contributed by atoms with Crippen molar-refractivity contribution < 1.29 is 0 Å². The molecule has 0 unspecified atom stereocenters. The van der Waals surface area contributed by atoms with Gasteiger partial charge in [-0.1, -0.05) is 177 Å². The molecule has 0 bridgehead atoms. The van der Waals surface area contributed by atoms with Crippen molar-refractivity contribution in [3.05, 3.63) is 206 Å². The molecule has 1 fully saturated rings. The number of nitrogens with zero attached hydrogens (tertiary/aromatic N) is 2. The Bertz CT molecular complexity index is 2930. The second kappa shape index (κ2) is 13.9. The molecule has 11 rings (SSSR count). The zero-order valence-corrected chi connectivity index (χ0v) is 33.1. The summed E-state index contributed by atoms with van der Waals surface area (Å²) in [6, 6.07) is 75.1. The van der Waals surface area contributed by atoms with Crippen LogP contribution in [-0.2, 0) is 0 Å². The molecule has 0 spiro atoms. The number of fused-ring (bicyclic) bond motifs is 6. The van der Waals surface area contributed by atoms with Gasteiger partial charge in [0.05, 0.1) is 27.8 Å². The van der Waals surface area contributed by atoms with Crippen LogP contribution in [0.3, 0.4) is 0 Å². The minimum atomic E-state index is -2.64. The second-order valence-corrected chi connectivity index (χ2v) is 19.7. The van der Waals surface area contributed by atoms with E-state index in [-0.39, 0.29) is 0 Å². The third-order valence-corrected chi connectivity index (χ3v) is 17.7. The lowest BCUT2D eigenvalue weighted by Crippen LogP contribution is -2.74. The average Bonchev–Trinajstić information content (AvgIpc) is 3.82. The molecule has 1 aliphatic carbocycles. The van der Waals surface area contributed by atoms with Gasteiger partial charge in [0, 0.05) is 27.2 Å². The summed E-state index contributed by atoms with van der Waals surface area (Å²) in [6.45, 7) is 0. The van der Waals surface area contributed by atoms with E-state index in [9.17, 15) is 0 Å². The van der Waals surface area contributed by atoms with Gasteiger partial charge in [-0.15, -0.1) is 0 Å². The van der Waals surface area contributed by atoms with Crippen molar-refractivity contribution in [3.8, 4) is 11.4 Å². The SMILES string of the molecule is c1ccc([Si](c2ccccc2)(c2ccccc2)c2ccc(-n3c4ccccc4c4c(-n5c6ccccc6c6c(C7CCCCC7)cccc65)cccc43)cc2)cc1. The van der Waals surface area contributed by atoms with E-state index in [1.807, 2.05) is 0 Å². The Balaban J connectivity index is 1.13. The van der Waals surface area contributed by atoms with Gasteiger partial charge >= 0.3 is 0 Å². The zero-order valence-electron chi connectivity index (χ0n) is 32.1. The molecule has 1 saturated carbocycles. The monoisotopic (exact) mass is 748 g/mol. The summed E-state index contributed by atoms with van der Waals surface area (Å²) in [4.78, 5) is 0. The zero-order chi connectivity index (χ0) is 37.8. The van der Waals surface area contributed by atoms with Gasteiger partial charge in [-0.2, -0.15) is 0 Å². The number of benzene rings is 8. The fourth-order valence-corrected chi connectivity index (χ4v) is 15.2. The van der Waals surface area contributed by atoms with E-state index in [1.165, 1.54) is 113 Å². The van der Waals surface area contributed by atoms with Crippen molar-refractivity contribution in [2.75, 3.05) is 0 Å². The Hall–Kier alpha value is -6.42. The van der Waals surface area contributed by atoms with E-state index in [2.05, 4.69) is 209 Å². The maximum Gasteiger partial charge on any atom is 0.179 e. The summed E-state index contributed by atoms with van der Waals surface area (Å²) in [7, 11) is -2.64. The molecule has 0 saturated heterocycles. The number of hydrogen-bond donors (Lipinski definition) is 0. The van der Waals surface area contributed by atoms with Crippen molar-refractivity contribution in [3.63, 3.8) is 0 Å². The normalized spacial score (nSPS) is 13.9. The third kappa shape index (κ3) is 5.30. The number of para-hydroxylation sites is 2. The van der Waals surface area contributed by atoms with Gasteiger partial charge in [0.2, 0.25) is 0 Å². The summed E-state index contributed by atoms with van der Waals surface area (Å²) in [5, 5.41) is 10.9. The van der Waals surface area contributed by atoms with E-state index in [1.54, 1.807) is 0 Å². The van der Waals surface area contributed by atoms with Crippen LogP contribution < -0.4 is 20.7 Å². The molecule has 10 aromatic rings. The largest absolute Gasteiger partial charge is 0.309 e. The molecule has 1 aliphatic rings. The molecule has 0 aliphatic heterocycles. The molecule has 8 aromatic carbocycles. The lowest BCUT2D eigenvalue weighted by Gasteiger charge is -2.34. The third-order valence-electron chi connectivity index (χ3n) is 12.9. The Morgan fingerprint density at radius 3 is 1.40 bits per heavy atom. The molecule has 0 radical (unpaired) electrons. The van der Waals surface area contributed by atoms with Gasteiger partial charge in [0.15, 0.2) is 8.07 Å². The predicted molar refractivity (Wildman–Crippen MR) is 245 cm³/mol. The van der Waals surface area contributed by atoms with Crippen LogP contribution in [0.5, 0.6) is 0 Å². The molecule has 2 nitrogen and oxygen atoms in total. The lowest BCUT2D eigenvalue weighted by atomic mass is 9.82. The van der Waals surface area contributed by atoms with Crippen LogP contribution in [0.25, 0.3) is 55.0 Å². The van der Waals surface area contributed by atoms with Gasteiger partial charge in [-0.05, 0) is 87.5 Å². The van der Waals surface area contributed by atoms with Crippen LogP contribution in [0.1, 0.15) is 43.6 Å². The van der Waals surface area contributed by atoms with Crippen molar-refractivity contribution in [1.82, 2.24) is 9.13 Å². The highest BCUT2D eigenvalue weighted by atomic mass is 28.3. The van der Waals surface area contributed by atoms with Crippen LogP contribution in [0.15, 0.2) is 200 Å². The van der Waals surface area contributed by atoms with Crippen LogP contribution in [0.2, 0.25) is 0 Å². The van der Waals surface area contributed by atoms with Gasteiger partial charge in [0.1, 0.15) is 0 Å². The summed E-state index contributed by atoms with van der Waals surface area (Å²) in [6.07, 6.45) is 6.58. The molecule has 2 heterocycles.